The first-order valence-electron chi connectivity index (χ1n) is 6.54. The van der Waals surface area contributed by atoms with E-state index in [1.807, 2.05) is 30.3 Å². The Morgan fingerprint density at radius 3 is 2.62 bits per heavy atom. The molecule has 0 bridgehead atoms. The second kappa shape index (κ2) is 6.85. The molecule has 0 aliphatic carbocycles. The number of rotatable bonds is 5. The van der Waals surface area contributed by atoms with E-state index in [2.05, 4.69) is 5.32 Å². The molecule has 1 unspecified atom stereocenters. The van der Waals surface area contributed by atoms with Crippen LogP contribution in [0.3, 0.4) is 0 Å². The fourth-order valence-corrected chi connectivity index (χ4v) is 1.97. The molecule has 0 spiro atoms. The predicted octanol–water partition coefficient (Wildman–Crippen LogP) is 2.86. The Hall–Kier alpha value is -2.40. The van der Waals surface area contributed by atoms with Crippen LogP contribution in [0.5, 0.6) is 5.75 Å². The van der Waals surface area contributed by atoms with Crippen LogP contribution in [-0.2, 0) is 4.79 Å². The van der Waals surface area contributed by atoms with E-state index in [9.17, 15) is 9.18 Å². The lowest BCUT2D eigenvalue weighted by molar-refractivity contribution is -0.116. The Balaban J connectivity index is 1.97. The molecule has 0 aromatic heterocycles. The van der Waals surface area contributed by atoms with Crippen molar-refractivity contribution in [3.05, 3.63) is 59.9 Å². The zero-order chi connectivity index (χ0) is 15.2. The largest absolute Gasteiger partial charge is 0.494 e. The summed E-state index contributed by atoms with van der Waals surface area (Å²) in [6.45, 7) is 0. The third-order valence-corrected chi connectivity index (χ3v) is 3.07. The predicted molar refractivity (Wildman–Crippen MR) is 79.6 cm³/mol. The van der Waals surface area contributed by atoms with Crippen molar-refractivity contribution in [3.8, 4) is 5.75 Å². The second-order valence-corrected chi connectivity index (χ2v) is 4.62. The van der Waals surface area contributed by atoms with Crippen molar-refractivity contribution in [2.75, 3.05) is 12.4 Å². The molecule has 0 saturated carbocycles. The molecule has 0 aliphatic rings. The molecule has 0 heterocycles. The van der Waals surface area contributed by atoms with Crippen LogP contribution in [0.25, 0.3) is 0 Å². The minimum atomic E-state index is -0.525. The first-order valence-corrected chi connectivity index (χ1v) is 6.54. The zero-order valence-corrected chi connectivity index (χ0v) is 11.7. The SMILES string of the molecule is COc1ccc(NC(=O)CC(N)c2ccccc2)cc1F. The van der Waals surface area contributed by atoms with Crippen LogP contribution in [0.1, 0.15) is 18.0 Å². The summed E-state index contributed by atoms with van der Waals surface area (Å²) in [6.07, 6.45) is 0.123. The summed E-state index contributed by atoms with van der Waals surface area (Å²) < 4.78 is 18.3. The highest BCUT2D eigenvalue weighted by atomic mass is 19.1. The van der Waals surface area contributed by atoms with Crippen LogP contribution in [0.4, 0.5) is 10.1 Å². The lowest BCUT2D eigenvalue weighted by atomic mass is 10.0. The standard InChI is InChI=1S/C16H17FN2O2/c1-21-15-8-7-12(9-13(15)17)19-16(20)10-14(18)11-5-3-2-4-6-11/h2-9,14H,10,18H2,1H3,(H,19,20). The lowest BCUT2D eigenvalue weighted by Crippen LogP contribution is -2.20. The number of methoxy groups -OCH3 is 1. The molecule has 21 heavy (non-hydrogen) atoms. The number of carbonyl (C=O) groups excluding carboxylic acids is 1. The number of nitrogens with one attached hydrogen (secondary N) is 1. The molecule has 2 aromatic rings. The van der Waals surface area contributed by atoms with E-state index in [1.54, 1.807) is 6.07 Å². The lowest BCUT2D eigenvalue weighted by Gasteiger charge is -2.12. The maximum absolute atomic E-state index is 13.5. The Labute approximate surface area is 122 Å². The van der Waals surface area contributed by atoms with Crippen LogP contribution in [0.15, 0.2) is 48.5 Å². The van der Waals surface area contributed by atoms with Gasteiger partial charge in [-0.05, 0) is 17.7 Å². The van der Waals surface area contributed by atoms with Crippen LogP contribution in [0, 0.1) is 5.82 Å². The monoisotopic (exact) mass is 288 g/mol. The van der Waals surface area contributed by atoms with E-state index in [-0.39, 0.29) is 18.1 Å². The minimum Gasteiger partial charge on any atom is -0.494 e. The van der Waals surface area contributed by atoms with Crippen molar-refractivity contribution in [2.24, 2.45) is 5.73 Å². The summed E-state index contributed by atoms with van der Waals surface area (Å²) in [5.41, 5.74) is 7.23. The van der Waals surface area contributed by atoms with Crippen molar-refractivity contribution < 1.29 is 13.9 Å². The molecule has 0 aliphatic heterocycles. The van der Waals surface area contributed by atoms with Gasteiger partial charge in [0.05, 0.1) is 7.11 Å². The van der Waals surface area contributed by atoms with Gasteiger partial charge in [-0.3, -0.25) is 4.79 Å². The van der Waals surface area contributed by atoms with E-state index in [4.69, 9.17) is 10.5 Å². The van der Waals surface area contributed by atoms with Crippen molar-refractivity contribution in [1.82, 2.24) is 0 Å². The molecule has 0 radical (unpaired) electrons. The molecular weight excluding hydrogens is 271 g/mol. The van der Waals surface area contributed by atoms with Crippen molar-refractivity contribution in [2.45, 2.75) is 12.5 Å². The molecule has 110 valence electrons. The van der Waals surface area contributed by atoms with Crippen molar-refractivity contribution >= 4 is 11.6 Å². The number of ether oxygens (including phenoxy) is 1. The number of hydrogen-bond acceptors (Lipinski definition) is 3. The third-order valence-electron chi connectivity index (χ3n) is 3.07. The number of amides is 1. The number of anilines is 1. The number of benzene rings is 2. The molecule has 2 rings (SSSR count). The number of hydrogen-bond donors (Lipinski definition) is 2. The number of halogens is 1. The van der Waals surface area contributed by atoms with Gasteiger partial charge in [-0.25, -0.2) is 4.39 Å². The third kappa shape index (κ3) is 4.03. The quantitative estimate of drug-likeness (QED) is 0.889. The van der Waals surface area contributed by atoms with Crippen LogP contribution < -0.4 is 15.8 Å². The van der Waals surface area contributed by atoms with Crippen LogP contribution in [0.2, 0.25) is 0 Å². The fourth-order valence-electron chi connectivity index (χ4n) is 1.97. The van der Waals surface area contributed by atoms with E-state index in [1.165, 1.54) is 19.2 Å². The van der Waals surface area contributed by atoms with Gasteiger partial charge in [0.1, 0.15) is 0 Å². The molecule has 3 N–H and O–H groups in total. The van der Waals surface area contributed by atoms with E-state index in [0.29, 0.717) is 5.69 Å². The van der Waals surface area contributed by atoms with Crippen LogP contribution >= 0.6 is 0 Å². The normalized spacial score (nSPS) is 11.8. The highest BCUT2D eigenvalue weighted by molar-refractivity contribution is 5.91. The average molecular weight is 288 g/mol. The van der Waals surface area contributed by atoms with Gasteiger partial charge in [-0.1, -0.05) is 30.3 Å². The minimum absolute atomic E-state index is 0.123. The van der Waals surface area contributed by atoms with Gasteiger partial charge >= 0.3 is 0 Å². The molecule has 1 atom stereocenters. The Morgan fingerprint density at radius 2 is 2.00 bits per heavy atom. The Kier molecular flexibility index (Phi) is 4.90. The van der Waals surface area contributed by atoms with Gasteiger partial charge in [0.25, 0.3) is 0 Å². The molecule has 4 nitrogen and oxygen atoms in total. The van der Waals surface area contributed by atoms with E-state index < -0.39 is 11.9 Å². The molecular formula is C16H17FN2O2. The maximum atomic E-state index is 13.5. The first-order chi connectivity index (χ1) is 10.1. The number of nitrogens with two attached hydrogens (primary N) is 1. The van der Waals surface area contributed by atoms with Gasteiger partial charge < -0.3 is 15.8 Å². The summed E-state index contributed by atoms with van der Waals surface area (Å²) in [6, 6.07) is 13.2. The van der Waals surface area contributed by atoms with E-state index in [0.717, 1.165) is 5.56 Å². The second-order valence-electron chi connectivity index (χ2n) is 4.62. The molecule has 1 amide bonds. The highest BCUT2D eigenvalue weighted by Crippen LogP contribution is 2.21. The number of carbonyl (C=O) groups is 1. The molecule has 0 saturated heterocycles. The van der Waals surface area contributed by atoms with Gasteiger partial charge in [0.15, 0.2) is 11.6 Å². The smallest absolute Gasteiger partial charge is 0.226 e. The van der Waals surface area contributed by atoms with Crippen molar-refractivity contribution in [1.29, 1.82) is 0 Å². The van der Waals surface area contributed by atoms with Gasteiger partial charge in [-0.15, -0.1) is 0 Å². The molecule has 2 aromatic carbocycles. The van der Waals surface area contributed by atoms with Crippen LogP contribution in [-0.4, -0.2) is 13.0 Å². The van der Waals surface area contributed by atoms with E-state index >= 15 is 0 Å². The Morgan fingerprint density at radius 1 is 1.29 bits per heavy atom. The summed E-state index contributed by atoms with van der Waals surface area (Å²) >= 11 is 0. The summed E-state index contributed by atoms with van der Waals surface area (Å²) in [7, 11) is 1.38. The van der Waals surface area contributed by atoms with Crippen molar-refractivity contribution in [3.63, 3.8) is 0 Å². The summed E-state index contributed by atoms with van der Waals surface area (Å²) in [4.78, 5) is 11.9. The molecule has 0 fully saturated rings. The zero-order valence-electron chi connectivity index (χ0n) is 11.7. The summed E-state index contributed by atoms with van der Waals surface area (Å²) in [5, 5.41) is 2.62. The molecule has 5 heteroatoms. The highest BCUT2D eigenvalue weighted by Gasteiger charge is 2.12. The van der Waals surface area contributed by atoms with Gasteiger partial charge in [-0.2, -0.15) is 0 Å². The summed E-state index contributed by atoms with van der Waals surface area (Å²) in [5.74, 6) is -0.660. The van der Waals surface area contributed by atoms with Gasteiger partial charge in [0, 0.05) is 24.2 Å². The van der Waals surface area contributed by atoms with Gasteiger partial charge in [0.2, 0.25) is 5.91 Å². The maximum Gasteiger partial charge on any atom is 0.226 e. The Bertz CT molecular complexity index is 617. The fraction of sp³-hybridized carbons (Fsp3) is 0.188. The average Bonchev–Trinajstić information content (AvgIpc) is 2.48. The first kappa shape index (κ1) is 15.0. The topological polar surface area (TPSA) is 64.3 Å².